The number of nitriles is 1. The third-order valence-electron chi connectivity index (χ3n) is 3.20. The van der Waals surface area contributed by atoms with Crippen LogP contribution in [0.3, 0.4) is 0 Å². The van der Waals surface area contributed by atoms with Crippen LogP contribution in [0, 0.1) is 11.3 Å². The number of thioether (sulfide) groups is 1. The number of benzene rings is 2. The topological polar surface area (TPSA) is 101 Å². The maximum Gasteiger partial charge on any atom is 0.277 e. The summed E-state index contributed by atoms with van der Waals surface area (Å²) in [5.41, 5.74) is 0.882. The number of amides is 1. The van der Waals surface area contributed by atoms with Crippen LogP contribution in [0.25, 0.3) is 0 Å². The molecular formula is C18H14N4O3S. The van der Waals surface area contributed by atoms with E-state index in [9.17, 15) is 4.79 Å². The molecule has 7 nitrogen and oxygen atoms in total. The largest absolute Gasteiger partial charge is 0.484 e. The van der Waals surface area contributed by atoms with Crippen LogP contribution in [-0.2, 0) is 11.4 Å². The van der Waals surface area contributed by atoms with Crippen molar-refractivity contribution in [2.24, 2.45) is 0 Å². The molecule has 0 atom stereocenters. The molecule has 0 unspecified atom stereocenters. The van der Waals surface area contributed by atoms with Crippen LogP contribution in [-0.4, -0.2) is 21.9 Å². The molecule has 0 aliphatic carbocycles. The van der Waals surface area contributed by atoms with Gasteiger partial charge in [-0.1, -0.05) is 42.1 Å². The van der Waals surface area contributed by atoms with Gasteiger partial charge in [0.15, 0.2) is 6.61 Å². The first-order valence-corrected chi connectivity index (χ1v) is 8.65. The predicted octanol–water partition coefficient (Wildman–Crippen LogP) is 3.25. The first-order chi connectivity index (χ1) is 12.7. The number of hydrogen-bond donors (Lipinski definition) is 1. The lowest BCUT2D eigenvalue weighted by atomic mass is 10.2. The van der Waals surface area contributed by atoms with Gasteiger partial charge in [-0.25, -0.2) is 0 Å². The second-order valence-corrected chi connectivity index (χ2v) is 5.98. The Labute approximate surface area is 154 Å². The van der Waals surface area contributed by atoms with Crippen LogP contribution < -0.4 is 10.1 Å². The number of hydrogen-bond acceptors (Lipinski definition) is 7. The molecule has 3 aromatic rings. The highest BCUT2D eigenvalue weighted by Gasteiger charge is 2.11. The number of rotatable bonds is 7. The number of nitrogens with one attached hydrogen (secondary N) is 1. The summed E-state index contributed by atoms with van der Waals surface area (Å²) in [6, 6.07) is 18.1. The molecule has 1 amide bonds. The van der Waals surface area contributed by atoms with E-state index in [4.69, 9.17) is 14.4 Å². The van der Waals surface area contributed by atoms with E-state index in [-0.39, 0.29) is 23.5 Å². The Hall–Kier alpha value is -3.31. The molecule has 3 rings (SSSR count). The Morgan fingerprint density at radius 1 is 1.15 bits per heavy atom. The molecule has 0 bridgehead atoms. The van der Waals surface area contributed by atoms with E-state index in [0.717, 1.165) is 11.8 Å². The minimum absolute atomic E-state index is 0.0843. The molecule has 0 saturated heterocycles. The van der Waals surface area contributed by atoms with Crippen LogP contribution in [0.2, 0.25) is 0 Å². The van der Waals surface area contributed by atoms with Crippen LogP contribution in [0.4, 0.5) is 5.69 Å². The molecule has 1 N–H and O–H groups in total. The molecule has 1 aromatic heterocycles. The maximum absolute atomic E-state index is 12.0. The molecule has 0 aliphatic rings. The van der Waals surface area contributed by atoms with E-state index < -0.39 is 0 Å². The van der Waals surface area contributed by atoms with Crippen molar-refractivity contribution in [2.75, 3.05) is 11.1 Å². The smallest absolute Gasteiger partial charge is 0.277 e. The summed E-state index contributed by atoms with van der Waals surface area (Å²) in [5.74, 6) is 0.848. The van der Waals surface area contributed by atoms with Crippen molar-refractivity contribution >= 4 is 23.4 Å². The molecule has 0 radical (unpaired) electrons. The zero-order chi connectivity index (χ0) is 18.2. The maximum atomic E-state index is 12.0. The molecule has 0 fully saturated rings. The number of aromatic nitrogens is 2. The van der Waals surface area contributed by atoms with Crippen LogP contribution in [0.15, 0.2) is 64.2 Å². The van der Waals surface area contributed by atoms with Gasteiger partial charge >= 0.3 is 0 Å². The standard InChI is InChI=1S/C18H14N4O3S/c19-10-13-6-4-5-9-15(13)20-16(23)12-26-18-22-21-17(25-18)11-24-14-7-2-1-3-8-14/h1-9H,11-12H2,(H,20,23). The van der Waals surface area contributed by atoms with Crippen molar-refractivity contribution in [3.8, 4) is 11.8 Å². The van der Waals surface area contributed by atoms with E-state index in [1.54, 1.807) is 24.3 Å². The van der Waals surface area contributed by atoms with Gasteiger partial charge < -0.3 is 14.5 Å². The third-order valence-corrected chi connectivity index (χ3v) is 4.02. The molecular weight excluding hydrogens is 352 g/mol. The SMILES string of the molecule is N#Cc1ccccc1NC(=O)CSc1nnc(COc2ccccc2)o1. The van der Waals surface area contributed by atoms with E-state index >= 15 is 0 Å². The second-order valence-electron chi connectivity index (χ2n) is 5.06. The summed E-state index contributed by atoms with van der Waals surface area (Å²) in [7, 11) is 0. The third kappa shape index (κ3) is 4.84. The lowest BCUT2D eigenvalue weighted by molar-refractivity contribution is -0.113. The molecule has 8 heteroatoms. The molecule has 0 spiro atoms. The molecule has 130 valence electrons. The highest BCUT2D eigenvalue weighted by atomic mass is 32.2. The average Bonchev–Trinajstić information content (AvgIpc) is 3.14. The number of para-hydroxylation sites is 2. The van der Waals surface area contributed by atoms with E-state index in [2.05, 4.69) is 15.5 Å². The van der Waals surface area contributed by atoms with Crippen LogP contribution in [0.5, 0.6) is 5.75 Å². The first kappa shape index (κ1) is 17.5. The van der Waals surface area contributed by atoms with Crippen molar-refractivity contribution in [3.63, 3.8) is 0 Å². The van der Waals surface area contributed by atoms with Gasteiger partial charge in [-0.3, -0.25) is 4.79 Å². The minimum atomic E-state index is -0.266. The zero-order valence-corrected chi connectivity index (χ0v) is 14.4. The van der Waals surface area contributed by atoms with Gasteiger partial charge in [0.2, 0.25) is 5.91 Å². The lowest BCUT2D eigenvalue weighted by Crippen LogP contribution is -2.14. The molecule has 26 heavy (non-hydrogen) atoms. The summed E-state index contributed by atoms with van der Waals surface area (Å²) in [5, 5.41) is 19.7. The van der Waals surface area contributed by atoms with Crippen molar-refractivity contribution in [1.29, 1.82) is 5.26 Å². The first-order valence-electron chi connectivity index (χ1n) is 7.66. The van der Waals surface area contributed by atoms with Gasteiger partial charge in [-0.15, -0.1) is 10.2 Å². The van der Waals surface area contributed by atoms with Crippen LogP contribution >= 0.6 is 11.8 Å². The Bertz CT molecular complexity index is 921. The Kier molecular flexibility index (Phi) is 5.85. The monoisotopic (exact) mass is 366 g/mol. The van der Waals surface area contributed by atoms with Crippen molar-refractivity contribution in [1.82, 2.24) is 10.2 Å². The molecule has 0 saturated carbocycles. The fraction of sp³-hybridized carbons (Fsp3) is 0.111. The quantitative estimate of drug-likeness (QED) is 0.640. The van der Waals surface area contributed by atoms with Gasteiger partial charge in [0, 0.05) is 0 Å². The molecule has 0 aliphatic heterocycles. The highest BCUT2D eigenvalue weighted by molar-refractivity contribution is 7.99. The van der Waals surface area contributed by atoms with Gasteiger partial charge in [-0.2, -0.15) is 5.26 Å². The normalized spacial score (nSPS) is 10.1. The fourth-order valence-corrected chi connectivity index (χ4v) is 2.60. The minimum Gasteiger partial charge on any atom is -0.484 e. The second kappa shape index (κ2) is 8.69. The average molecular weight is 366 g/mol. The summed E-state index contributed by atoms with van der Waals surface area (Å²) in [6.45, 7) is 0.152. The fourth-order valence-electron chi connectivity index (χ4n) is 2.02. The summed E-state index contributed by atoms with van der Waals surface area (Å²) in [4.78, 5) is 12.0. The highest BCUT2D eigenvalue weighted by Crippen LogP contribution is 2.19. The molecule has 1 heterocycles. The van der Waals surface area contributed by atoms with Crippen molar-refractivity contribution < 1.29 is 13.9 Å². The van der Waals surface area contributed by atoms with Gasteiger partial charge in [0.1, 0.15) is 11.8 Å². The number of ether oxygens (including phenoxy) is 1. The van der Waals surface area contributed by atoms with E-state index in [1.807, 2.05) is 36.4 Å². The Balaban J connectivity index is 1.48. The Morgan fingerprint density at radius 2 is 1.92 bits per heavy atom. The van der Waals surface area contributed by atoms with Crippen LogP contribution in [0.1, 0.15) is 11.5 Å². The summed E-state index contributed by atoms with van der Waals surface area (Å²) in [6.07, 6.45) is 0. The van der Waals surface area contributed by atoms with Crippen molar-refractivity contribution in [3.05, 3.63) is 66.1 Å². The number of anilines is 1. The number of carbonyl (C=O) groups excluding carboxylic acids is 1. The molecule has 2 aromatic carbocycles. The summed E-state index contributed by atoms with van der Waals surface area (Å²) < 4.78 is 11.0. The predicted molar refractivity (Wildman–Crippen MR) is 95.6 cm³/mol. The number of carbonyl (C=O) groups is 1. The van der Waals surface area contributed by atoms with E-state index in [0.29, 0.717) is 22.9 Å². The van der Waals surface area contributed by atoms with Gasteiger partial charge in [-0.05, 0) is 24.3 Å². The Morgan fingerprint density at radius 3 is 2.73 bits per heavy atom. The lowest BCUT2D eigenvalue weighted by Gasteiger charge is -2.05. The number of nitrogens with zero attached hydrogens (tertiary/aromatic N) is 3. The van der Waals surface area contributed by atoms with E-state index in [1.165, 1.54) is 0 Å². The van der Waals surface area contributed by atoms with Gasteiger partial charge in [0.25, 0.3) is 11.1 Å². The summed E-state index contributed by atoms with van der Waals surface area (Å²) >= 11 is 1.11. The van der Waals surface area contributed by atoms with Gasteiger partial charge in [0.05, 0.1) is 17.0 Å². The van der Waals surface area contributed by atoms with Crippen molar-refractivity contribution in [2.45, 2.75) is 11.8 Å². The zero-order valence-electron chi connectivity index (χ0n) is 13.6.